The first-order valence-electron chi connectivity index (χ1n) is 7.86. The molecule has 0 aliphatic heterocycles. The largest absolute Gasteiger partial charge is 0.356 e. The van der Waals surface area contributed by atoms with Gasteiger partial charge in [0, 0.05) is 28.2 Å². The van der Waals surface area contributed by atoms with E-state index in [9.17, 15) is 4.79 Å². The average molecular weight is 349 g/mol. The van der Waals surface area contributed by atoms with Crippen molar-refractivity contribution in [2.45, 2.75) is 0 Å². The van der Waals surface area contributed by atoms with Crippen LogP contribution in [0.15, 0.2) is 84.9 Å². The van der Waals surface area contributed by atoms with Gasteiger partial charge in [0.2, 0.25) is 5.91 Å². The molecule has 1 amide bonds. The standard InChI is InChI=1S/C21H17ClN2O/c22-17-9-6-16(7-10-17)8-15-21(25)24-20-13-11-19(12-14-20)23-18-4-2-1-3-5-18/h1-15,23H,(H,24,25)/b15-8+. The molecule has 3 rings (SSSR count). The zero-order valence-electron chi connectivity index (χ0n) is 13.4. The summed E-state index contributed by atoms with van der Waals surface area (Å²) in [6.07, 6.45) is 3.25. The molecule has 0 radical (unpaired) electrons. The first-order chi connectivity index (χ1) is 12.2. The maximum absolute atomic E-state index is 12.0. The SMILES string of the molecule is O=C(/C=C/c1ccc(Cl)cc1)Nc1ccc(Nc2ccccc2)cc1. The third kappa shape index (κ3) is 5.23. The van der Waals surface area contributed by atoms with Gasteiger partial charge in [-0.25, -0.2) is 0 Å². The summed E-state index contributed by atoms with van der Waals surface area (Å²) in [7, 11) is 0. The summed E-state index contributed by atoms with van der Waals surface area (Å²) in [5.41, 5.74) is 3.64. The fraction of sp³-hybridized carbons (Fsp3) is 0. The third-order valence-corrected chi connectivity index (χ3v) is 3.76. The average Bonchev–Trinajstić information content (AvgIpc) is 2.64. The fourth-order valence-electron chi connectivity index (χ4n) is 2.25. The molecule has 124 valence electrons. The molecule has 0 fully saturated rings. The second-order valence-corrected chi connectivity index (χ2v) is 5.88. The molecule has 0 heterocycles. The second kappa shape index (κ2) is 8.18. The zero-order chi connectivity index (χ0) is 17.5. The van der Waals surface area contributed by atoms with Gasteiger partial charge in [-0.15, -0.1) is 0 Å². The highest BCUT2D eigenvalue weighted by Crippen LogP contribution is 2.18. The molecule has 0 saturated carbocycles. The van der Waals surface area contributed by atoms with Crippen molar-refractivity contribution in [3.63, 3.8) is 0 Å². The van der Waals surface area contributed by atoms with Gasteiger partial charge in [0.1, 0.15) is 0 Å². The highest BCUT2D eigenvalue weighted by Gasteiger charge is 1.99. The normalized spacial score (nSPS) is 10.6. The number of hydrogen-bond acceptors (Lipinski definition) is 2. The molecular formula is C21H17ClN2O. The number of halogens is 1. The van der Waals surface area contributed by atoms with Crippen molar-refractivity contribution in [2.24, 2.45) is 0 Å². The predicted molar refractivity (Wildman–Crippen MR) is 105 cm³/mol. The Morgan fingerprint density at radius 3 is 2.04 bits per heavy atom. The second-order valence-electron chi connectivity index (χ2n) is 5.44. The Hall–Kier alpha value is -3.04. The van der Waals surface area contributed by atoms with Gasteiger partial charge in [-0.3, -0.25) is 4.79 Å². The number of carbonyl (C=O) groups excluding carboxylic acids is 1. The van der Waals surface area contributed by atoms with E-state index in [1.165, 1.54) is 6.08 Å². The lowest BCUT2D eigenvalue weighted by molar-refractivity contribution is -0.111. The van der Waals surface area contributed by atoms with Crippen LogP contribution >= 0.6 is 11.6 Å². The molecule has 0 bridgehead atoms. The molecule has 0 saturated heterocycles. The van der Waals surface area contributed by atoms with Crippen LogP contribution in [0.1, 0.15) is 5.56 Å². The summed E-state index contributed by atoms with van der Waals surface area (Å²) in [5, 5.41) is 6.81. The van der Waals surface area contributed by atoms with Crippen LogP contribution in [0.25, 0.3) is 6.08 Å². The van der Waals surface area contributed by atoms with Crippen molar-refractivity contribution in [3.8, 4) is 0 Å². The zero-order valence-corrected chi connectivity index (χ0v) is 14.2. The van der Waals surface area contributed by atoms with E-state index in [-0.39, 0.29) is 5.91 Å². The Labute approximate surface area is 152 Å². The van der Waals surface area contributed by atoms with Crippen molar-refractivity contribution >= 4 is 40.6 Å². The van der Waals surface area contributed by atoms with Crippen LogP contribution in [-0.2, 0) is 4.79 Å². The molecule has 3 aromatic rings. The Morgan fingerprint density at radius 1 is 0.760 bits per heavy atom. The van der Waals surface area contributed by atoms with Gasteiger partial charge >= 0.3 is 0 Å². The quantitative estimate of drug-likeness (QED) is 0.577. The van der Waals surface area contributed by atoms with Gasteiger partial charge < -0.3 is 10.6 Å². The van der Waals surface area contributed by atoms with Crippen LogP contribution in [0.2, 0.25) is 5.02 Å². The Kier molecular flexibility index (Phi) is 5.50. The lowest BCUT2D eigenvalue weighted by Crippen LogP contribution is -2.07. The lowest BCUT2D eigenvalue weighted by atomic mass is 10.2. The fourth-order valence-corrected chi connectivity index (χ4v) is 2.38. The molecule has 3 aromatic carbocycles. The topological polar surface area (TPSA) is 41.1 Å². The van der Waals surface area contributed by atoms with Gasteiger partial charge in [-0.05, 0) is 60.2 Å². The molecule has 25 heavy (non-hydrogen) atoms. The number of hydrogen-bond donors (Lipinski definition) is 2. The molecule has 3 nitrogen and oxygen atoms in total. The van der Waals surface area contributed by atoms with Gasteiger partial charge in [0.05, 0.1) is 0 Å². The summed E-state index contributed by atoms with van der Waals surface area (Å²) < 4.78 is 0. The molecule has 0 atom stereocenters. The number of benzene rings is 3. The van der Waals surface area contributed by atoms with Crippen molar-refractivity contribution < 1.29 is 4.79 Å². The van der Waals surface area contributed by atoms with E-state index in [0.29, 0.717) is 5.02 Å². The Balaban J connectivity index is 1.57. The summed E-state index contributed by atoms with van der Waals surface area (Å²) in [6, 6.07) is 24.8. The number of anilines is 3. The monoisotopic (exact) mass is 348 g/mol. The molecule has 0 spiro atoms. The van der Waals surface area contributed by atoms with Gasteiger partial charge in [0.15, 0.2) is 0 Å². The summed E-state index contributed by atoms with van der Waals surface area (Å²) >= 11 is 5.84. The lowest BCUT2D eigenvalue weighted by Gasteiger charge is -2.07. The summed E-state index contributed by atoms with van der Waals surface area (Å²) in [6.45, 7) is 0. The van der Waals surface area contributed by atoms with Crippen LogP contribution in [0, 0.1) is 0 Å². The minimum Gasteiger partial charge on any atom is -0.356 e. The van der Waals surface area contributed by atoms with Crippen molar-refractivity contribution in [1.29, 1.82) is 0 Å². The molecule has 2 N–H and O–H groups in total. The summed E-state index contributed by atoms with van der Waals surface area (Å²) in [4.78, 5) is 12.0. The number of nitrogens with one attached hydrogen (secondary N) is 2. The van der Waals surface area contributed by atoms with Gasteiger partial charge in [-0.2, -0.15) is 0 Å². The van der Waals surface area contributed by atoms with Crippen molar-refractivity contribution in [3.05, 3.63) is 95.5 Å². The number of carbonyl (C=O) groups is 1. The van der Waals surface area contributed by atoms with E-state index in [4.69, 9.17) is 11.6 Å². The van der Waals surface area contributed by atoms with E-state index in [1.807, 2.05) is 66.7 Å². The first kappa shape index (κ1) is 16.8. The molecule has 0 unspecified atom stereocenters. The van der Waals surface area contributed by atoms with E-state index < -0.39 is 0 Å². The van der Waals surface area contributed by atoms with E-state index in [1.54, 1.807) is 18.2 Å². The van der Waals surface area contributed by atoms with Crippen LogP contribution in [-0.4, -0.2) is 5.91 Å². The smallest absolute Gasteiger partial charge is 0.248 e. The van der Waals surface area contributed by atoms with E-state index in [0.717, 1.165) is 22.6 Å². The van der Waals surface area contributed by atoms with Crippen LogP contribution < -0.4 is 10.6 Å². The molecular weight excluding hydrogens is 332 g/mol. The van der Waals surface area contributed by atoms with Gasteiger partial charge in [-0.1, -0.05) is 41.9 Å². The van der Waals surface area contributed by atoms with Crippen molar-refractivity contribution in [1.82, 2.24) is 0 Å². The Bertz CT molecular complexity index is 857. The molecule has 4 heteroatoms. The minimum absolute atomic E-state index is 0.182. The molecule has 0 aliphatic carbocycles. The van der Waals surface area contributed by atoms with Crippen molar-refractivity contribution in [2.75, 3.05) is 10.6 Å². The molecule has 0 aliphatic rings. The third-order valence-electron chi connectivity index (χ3n) is 3.51. The highest BCUT2D eigenvalue weighted by molar-refractivity contribution is 6.30. The van der Waals surface area contributed by atoms with Crippen LogP contribution in [0.3, 0.4) is 0 Å². The molecule has 0 aromatic heterocycles. The summed E-state index contributed by atoms with van der Waals surface area (Å²) in [5.74, 6) is -0.182. The van der Waals surface area contributed by atoms with Crippen LogP contribution in [0.4, 0.5) is 17.1 Å². The maximum Gasteiger partial charge on any atom is 0.248 e. The minimum atomic E-state index is -0.182. The predicted octanol–water partition coefficient (Wildman–Crippen LogP) is 5.74. The van der Waals surface area contributed by atoms with Crippen LogP contribution in [0.5, 0.6) is 0 Å². The highest BCUT2D eigenvalue weighted by atomic mass is 35.5. The van der Waals surface area contributed by atoms with E-state index in [2.05, 4.69) is 10.6 Å². The first-order valence-corrected chi connectivity index (χ1v) is 8.24. The number of amides is 1. The number of rotatable bonds is 5. The van der Waals surface area contributed by atoms with Gasteiger partial charge in [0.25, 0.3) is 0 Å². The maximum atomic E-state index is 12.0. The number of para-hydroxylation sites is 1. The Morgan fingerprint density at radius 2 is 1.36 bits per heavy atom. The van der Waals surface area contributed by atoms with E-state index >= 15 is 0 Å².